The highest BCUT2D eigenvalue weighted by Gasteiger charge is 2.48. The molecule has 2 heterocycles. The first-order chi connectivity index (χ1) is 12.0. The third-order valence-corrected chi connectivity index (χ3v) is 7.67. The summed E-state index contributed by atoms with van der Waals surface area (Å²) >= 11 is 1.42. The van der Waals surface area contributed by atoms with Gasteiger partial charge in [-0.1, -0.05) is 48.2 Å². The molecule has 0 radical (unpaired) electrons. The number of sulfone groups is 1. The Balaban J connectivity index is 1.60. The Bertz CT molecular complexity index is 775. The van der Waals surface area contributed by atoms with Crippen molar-refractivity contribution in [2.24, 2.45) is 4.99 Å². The normalized spacial score (nSPS) is 25.9. The molecule has 0 saturated carbocycles. The van der Waals surface area contributed by atoms with Crippen LogP contribution in [0.15, 0.2) is 48.0 Å². The van der Waals surface area contributed by atoms with E-state index in [4.69, 9.17) is 0 Å². The van der Waals surface area contributed by atoms with Crippen LogP contribution >= 0.6 is 11.8 Å². The minimum absolute atomic E-state index is 0.0270. The minimum Gasteiger partial charge on any atom is -0.342 e. The van der Waals surface area contributed by atoms with Crippen molar-refractivity contribution in [2.45, 2.75) is 30.6 Å². The van der Waals surface area contributed by atoms with Crippen LogP contribution in [0.5, 0.6) is 0 Å². The number of rotatable bonds is 6. The van der Waals surface area contributed by atoms with Crippen molar-refractivity contribution < 1.29 is 13.2 Å². The number of nitrogens with zero attached hydrogens (tertiary/aromatic N) is 2. The lowest BCUT2D eigenvalue weighted by atomic mass is 10.1. The number of amidine groups is 1. The number of aliphatic imine (C=N–C) groups is 1. The predicted octanol–water partition coefficient (Wildman–Crippen LogP) is 2.29. The van der Waals surface area contributed by atoms with Crippen LogP contribution in [0, 0.1) is 0 Å². The summed E-state index contributed by atoms with van der Waals surface area (Å²) in [5, 5.41) is 0.621. The van der Waals surface area contributed by atoms with Gasteiger partial charge in [0.1, 0.15) is 0 Å². The molecule has 0 aliphatic carbocycles. The molecular formula is C18H22N2O3S2. The van der Waals surface area contributed by atoms with E-state index in [1.54, 1.807) is 6.08 Å². The third-order valence-electron chi connectivity index (χ3n) is 4.42. The van der Waals surface area contributed by atoms with Gasteiger partial charge in [0.05, 0.1) is 17.5 Å². The van der Waals surface area contributed by atoms with Crippen LogP contribution in [0.25, 0.3) is 0 Å². The van der Waals surface area contributed by atoms with Gasteiger partial charge in [-0.3, -0.25) is 4.79 Å². The molecule has 5 nitrogen and oxygen atoms in total. The van der Waals surface area contributed by atoms with Crippen molar-refractivity contribution in [3.63, 3.8) is 0 Å². The van der Waals surface area contributed by atoms with Gasteiger partial charge >= 0.3 is 0 Å². The second-order valence-corrected chi connectivity index (χ2v) is 9.73. The smallest absolute Gasteiger partial charge is 0.248 e. The number of benzene rings is 1. The standard InChI is InChI=1S/C18H22N2O3S2/c1-2-11-20-15-12-25(22,23)13-16(15)24-18(20)19-17(21)10-6-9-14-7-4-3-5-8-14/h2-5,7-8,15-16H,1,6,9-13H2. The summed E-state index contributed by atoms with van der Waals surface area (Å²) in [5.41, 5.74) is 1.21. The fourth-order valence-corrected chi connectivity index (χ4v) is 7.22. The first-order valence-electron chi connectivity index (χ1n) is 8.38. The Morgan fingerprint density at radius 3 is 2.80 bits per heavy atom. The number of carbonyl (C=O) groups excluding carboxylic acids is 1. The Morgan fingerprint density at radius 1 is 1.32 bits per heavy atom. The van der Waals surface area contributed by atoms with Gasteiger partial charge in [0.25, 0.3) is 0 Å². The highest BCUT2D eigenvalue weighted by molar-refractivity contribution is 8.15. The first-order valence-corrected chi connectivity index (χ1v) is 11.1. The van der Waals surface area contributed by atoms with Gasteiger partial charge in [-0.15, -0.1) is 6.58 Å². The zero-order valence-electron chi connectivity index (χ0n) is 14.0. The maximum absolute atomic E-state index is 12.2. The van der Waals surface area contributed by atoms with E-state index in [0.717, 1.165) is 12.8 Å². The number of carbonyl (C=O) groups is 1. The third kappa shape index (κ3) is 4.52. The zero-order chi connectivity index (χ0) is 17.9. The van der Waals surface area contributed by atoms with E-state index in [0.29, 0.717) is 18.1 Å². The first kappa shape index (κ1) is 18.2. The molecule has 2 aliphatic heterocycles. The highest BCUT2D eigenvalue weighted by atomic mass is 32.2. The average molecular weight is 379 g/mol. The number of thioether (sulfide) groups is 1. The van der Waals surface area contributed by atoms with Gasteiger partial charge in [-0.2, -0.15) is 4.99 Å². The van der Waals surface area contributed by atoms with Gasteiger partial charge in [-0.05, 0) is 18.4 Å². The summed E-state index contributed by atoms with van der Waals surface area (Å²) in [7, 11) is -2.99. The van der Waals surface area contributed by atoms with Crippen LogP contribution in [0.1, 0.15) is 18.4 Å². The molecule has 0 aromatic heterocycles. The molecule has 1 aromatic rings. The van der Waals surface area contributed by atoms with Gasteiger partial charge in [0, 0.05) is 18.2 Å². The van der Waals surface area contributed by atoms with Crippen molar-refractivity contribution in [3.05, 3.63) is 48.6 Å². The number of hydrogen-bond acceptors (Lipinski definition) is 4. The molecule has 0 N–H and O–H groups in total. The van der Waals surface area contributed by atoms with Gasteiger partial charge < -0.3 is 4.90 Å². The van der Waals surface area contributed by atoms with Crippen LogP contribution in [0.3, 0.4) is 0 Å². The van der Waals surface area contributed by atoms with E-state index in [1.165, 1.54) is 17.3 Å². The maximum Gasteiger partial charge on any atom is 0.248 e. The number of hydrogen-bond donors (Lipinski definition) is 0. The molecule has 1 aromatic carbocycles. The molecule has 2 unspecified atom stereocenters. The number of amides is 1. The van der Waals surface area contributed by atoms with E-state index in [9.17, 15) is 13.2 Å². The molecular weight excluding hydrogens is 356 g/mol. The summed E-state index contributed by atoms with van der Waals surface area (Å²) in [6.45, 7) is 4.24. The Hall–Kier alpha value is -1.60. The molecule has 2 aliphatic rings. The summed E-state index contributed by atoms with van der Waals surface area (Å²) in [5.74, 6) is 0.159. The second kappa shape index (κ2) is 7.74. The molecule has 3 rings (SSSR count). The molecule has 0 bridgehead atoms. The largest absolute Gasteiger partial charge is 0.342 e. The summed E-state index contributed by atoms with van der Waals surface area (Å²) in [6.07, 6.45) is 3.73. The lowest BCUT2D eigenvalue weighted by Crippen LogP contribution is -2.37. The van der Waals surface area contributed by atoms with Gasteiger partial charge in [0.15, 0.2) is 15.0 Å². The van der Waals surface area contributed by atoms with Crippen molar-refractivity contribution in [1.29, 1.82) is 0 Å². The monoisotopic (exact) mass is 378 g/mol. The number of aryl methyl sites for hydroxylation is 1. The highest BCUT2D eigenvalue weighted by Crippen LogP contribution is 2.38. The molecule has 25 heavy (non-hydrogen) atoms. The fourth-order valence-electron chi connectivity index (χ4n) is 3.24. The minimum atomic E-state index is -2.99. The van der Waals surface area contributed by atoms with Gasteiger partial charge in [0.2, 0.25) is 5.91 Å². The molecule has 1 amide bonds. The van der Waals surface area contributed by atoms with E-state index in [1.807, 2.05) is 23.1 Å². The molecule has 134 valence electrons. The lowest BCUT2D eigenvalue weighted by Gasteiger charge is -2.22. The van der Waals surface area contributed by atoms with Crippen molar-refractivity contribution in [3.8, 4) is 0 Å². The fraction of sp³-hybridized carbons (Fsp3) is 0.444. The SMILES string of the molecule is C=CCN1C(=NC(=O)CCCc2ccccc2)SC2CS(=O)(=O)CC21. The van der Waals surface area contributed by atoms with E-state index in [2.05, 4.69) is 23.7 Å². The van der Waals surface area contributed by atoms with E-state index < -0.39 is 9.84 Å². The Morgan fingerprint density at radius 2 is 2.08 bits per heavy atom. The molecule has 2 atom stereocenters. The number of fused-ring (bicyclic) bond motifs is 1. The molecule has 7 heteroatoms. The summed E-state index contributed by atoms with van der Waals surface area (Å²) in [6, 6.07) is 9.97. The second-order valence-electron chi connectivity index (χ2n) is 6.37. The van der Waals surface area contributed by atoms with Crippen LogP contribution in [-0.2, 0) is 21.1 Å². The van der Waals surface area contributed by atoms with Crippen LogP contribution in [0.4, 0.5) is 0 Å². The zero-order valence-corrected chi connectivity index (χ0v) is 15.6. The van der Waals surface area contributed by atoms with Crippen LogP contribution in [-0.4, -0.2) is 53.7 Å². The van der Waals surface area contributed by atoms with Gasteiger partial charge in [-0.25, -0.2) is 8.42 Å². The van der Waals surface area contributed by atoms with Crippen molar-refractivity contribution >= 4 is 32.7 Å². The predicted molar refractivity (Wildman–Crippen MR) is 103 cm³/mol. The van der Waals surface area contributed by atoms with E-state index >= 15 is 0 Å². The summed E-state index contributed by atoms with van der Waals surface area (Å²) in [4.78, 5) is 18.4. The Kier molecular flexibility index (Phi) is 5.64. The average Bonchev–Trinajstić information content (AvgIpc) is 3.01. The van der Waals surface area contributed by atoms with Crippen LogP contribution < -0.4 is 0 Å². The summed E-state index contributed by atoms with van der Waals surface area (Å²) < 4.78 is 23.7. The quantitative estimate of drug-likeness (QED) is 0.711. The maximum atomic E-state index is 12.2. The van der Waals surface area contributed by atoms with Crippen molar-refractivity contribution in [2.75, 3.05) is 18.1 Å². The molecule has 2 saturated heterocycles. The topological polar surface area (TPSA) is 66.8 Å². The van der Waals surface area contributed by atoms with E-state index in [-0.39, 0.29) is 28.7 Å². The molecule has 0 spiro atoms. The lowest BCUT2D eigenvalue weighted by molar-refractivity contribution is -0.117. The van der Waals surface area contributed by atoms with Crippen LogP contribution in [0.2, 0.25) is 0 Å². The van der Waals surface area contributed by atoms with Crippen molar-refractivity contribution in [1.82, 2.24) is 4.90 Å². The Labute approximate surface area is 153 Å². The molecule has 2 fully saturated rings.